The predicted molar refractivity (Wildman–Crippen MR) is 151 cm³/mol. The maximum atomic E-state index is 11.4. The smallest absolute Gasteiger partial charge is 0.305 e. The van der Waals surface area contributed by atoms with E-state index < -0.39 is 16.6 Å². The zero-order valence-electron chi connectivity index (χ0n) is 24.8. The van der Waals surface area contributed by atoms with Gasteiger partial charge in [0.05, 0.1) is 19.3 Å². The van der Waals surface area contributed by atoms with Gasteiger partial charge >= 0.3 is 5.97 Å². The van der Waals surface area contributed by atoms with Crippen LogP contribution in [0.4, 0.5) is 0 Å². The second-order valence-electron chi connectivity index (χ2n) is 13.7. The van der Waals surface area contributed by atoms with Gasteiger partial charge in [0, 0.05) is 12.8 Å². The second-order valence-corrected chi connectivity index (χ2v) is 23.2. The summed E-state index contributed by atoms with van der Waals surface area (Å²) in [6.07, 6.45) is 9.57. The van der Waals surface area contributed by atoms with Gasteiger partial charge in [0.25, 0.3) is 0 Å². The van der Waals surface area contributed by atoms with Crippen LogP contribution < -0.4 is 0 Å². The van der Waals surface area contributed by atoms with Gasteiger partial charge in [0.15, 0.2) is 16.6 Å². The van der Waals surface area contributed by atoms with E-state index in [0.717, 1.165) is 51.2 Å². The molecule has 1 saturated carbocycles. The van der Waals surface area contributed by atoms with Crippen LogP contribution in [-0.2, 0) is 23.2 Å². The molecular weight excluding hydrogens is 472 g/mol. The molecule has 0 aromatic heterocycles. The zero-order valence-corrected chi connectivity index (χ0v) is 26.8. The summed E-state index contributed by atoms with van der Waals surface area (Å²) in [6, 6.07) is 0. The van der Waals surface area contributed by atoms with Crippen molar-refractivity contribution >= 4 is 28.9 Å². The monoisotopic (exact) mass is 528 g/mol. The minimum absolute atomic E-state index is 0.122. The SMILES string of the molecule is COC(=O)CCCCCCC1[C@@H](O[Si](C)(C)C(C)(C)C)C[C@@H](O[Si](C)(C)C(C)(C)C)[C@@H]1CCC=O. The first-order chi connectivity index (χ1) is 16.0. The van der Waals surface area contributed by atoms with Crippen LogP contribution >= 0.6 is 0 Å². The summed E-state index contributed by atoms with van der Waals surface area (Å²) in [6.45, 7) is 23.2. The van der Waals surface area contributed by atoms with E-state index in [4.69, 9.17) is 13.6 Å². The highest BCUT2D eigenvalue weighted by Crippen LogP contribution is 2.48. The number of aldehydes is 1. The number of hydrogen-bond acceptors (Lipinski definition) is 5. The lowest BCUT2D eigenvalue weighted by Crippen LogP contribution is -2.45. The van der Waals surface area contributed by atoms with Crippen molar-refractivity contribution in [2.24, 2.45) is 11.8 Å². The minimum Gasteiger partial charge on any atom is -0.469 e. The Hall–Kier alpha value is -0.506. The van der Waals surface area contributed by atoms with E-state index in [1.807, 2.05) is 0 Å². The van der Waals surface area contributed by atoms with Crippen molar-refractivity contribution in [3.63, 3.8) is 0 Å². The second kappa shape index (κ2) is 13.3. The molecule has 1 aliphatic carbocycles. The molecule has 0 saturated heterocycles. The maximum Gasteiger partial charge on any atom is 0.305 e. The summed E-state index contributed by atoms with van der Waals surface area (Å²) in [7, 11) is -2.43. The molecule has 0 aliphatic heterocycles. The fourth-order valence-corrected chi connectivity index (χ4v) is 7.44. The van der Waals surface area contributed by atoms with Crippen LogP contribution in [0.2, 0.25) is 36.3 Å². The quantitative estimate of drug-likeness (QED) is 0.0992. The Morgan fingerprint density at radius 3 is 1.69 bits per heavy atom. The minimum atomic E-state index is -1.95. The first-order valence-electron chi connectivity index (χ1n) is 13.8. The fourth-order valence-electron chi connectivity index (χ4n) is 4.68. The molecule has 7 heteroatoms. The number of rotatable bonds is 14. The van der Waals surface area contributed by atoms with Gasteiger partial charge in [-0.3, -0.25) is 4.79 Å². The summed E-state index contributed by atoms with van der Waals surface area (Å²) in [5.74, 6) is 0.654. The molecule has 0 aromatic rings. The molecule has 0 heterocycles. The summed E-state index contributed by atoms with van der Waals surface area (Å²) in [5.41, 5.74) is 0. The average molecular weight is 529 g/mol. The molecule has 5 nitrogen and oxygen atoms in total. The van der Waals surface area contributed by atoms with E-state index >= 15 is 0 Å². The van der Waals surface area contributed by atoms with Gasteiger partial charge in [-0.05, 0) is 73.8 Å². The Kier molecular flexibility index (Phi) is 12.4. The molecular formula is C28H56O5Si2. The molecule has 206 valence electrons. The number of carbonyl (C=O) groups excluding carboxylic acids is 2. The normalized spacial score (nSPS) is 24.0. The van der Waals surface area contributed by atoms with Gasteiger partial charge in [0.2, 0.25) is 0 Å². The van der Waals surface area contributed by atoms with Gasteiger partial charge in [-0.1, -0.05) is 60.8 Å². The van der Waals surface area contributed by atoms with E-state index in [1.54, 1.807) is 0 Å². The Morgan fingerprint density at radius 1 is 0.800 bits per heavy atom. The molecule has 0 amide bonds. The van der Waals surface area contributed by atoms with Crippen molar-refractivity contribution in [1.29, 1.82) is 0 Å². The van der Waals surface area contributed by atoms with Gasteiger partial charge < -0.3 is 18.4 Å². The van der Waals surface area contributed by atoms with Crippen molar-refractivity contribution in [1.82, 2.24) is 0 Å². The number of methoxy groups -OCH3 is 1. The van der Waals surface area contributed by atoms with E-state index in [-0.39, 0.29) is 28.3 Å². The summed E-state index contributed by atoms with van der Waals surface area (Å²) >= 11 is 0. The summed E-state index contributed by atoms with van der Waals surface area (Å²) in [4.78, 5) is 22.8. The molecule has 1 rings (SSSR count). The lowest BCUT2D eigenvalue weighted by Gasteiger charge is -2.40. The number of unbranched alkanes of at least 4 members (excludes halogenated alkanes) is 3. The zero-order chi connectivity index (χ0) is 27.1. The van der Waals surface area contributed by atoms with Gasteiger partial charge in [0.1, 0.15) is 6.29 Å². The van der Waals surface area contributed by atoms with Crippen LogP contribution in [0.25, 0.3) is 0 Å². The molecule has 0 radical (unpaired) electrons. The number of esters is 1. The molecule has 1 fully saturated rings. The lowest BCUT2D eigenvalue weighted by atomic mass is 9.85. The van der Waals surface area contributed by atoms with Crippen molar-refractivity contribution in [3.05, 3.63) is 0 Å². The standard InChI is InChI=1S/C28H56O5Si2/c1-27(2,3)34(8,9)32-24-21-25(33-35(10,11)28(4,5)6)23(18-16-20-29)22(24)17-14-12-13-15-19-26(30)31-7/h20,22-25H,12-19,21H2,1-11H3/t22?,23-,24+,25-/m1/s1. The topological polar surface area (TPSA) is 61.8 Å². The maximum absolute atomic E-state index is 11.4. The van der Waals surface area contributed by atoms with E-state index in [9.17, 15) is 9.59 Å². The highest BCUT2D eigenvalue weighted by Gasteiger charge is 2.50. The Balaban J connectivity index is 3.06. The van der Waals surface area contributed by atoms with Crippen LogP contribution in [0, 0.1) is 11.8 Å². The van der Waals surface area contributed by atoms with Crippen LogP contribution in [0.1, 0.15) is 99.3 Å². The van der Waals surface area contributed by atoms with Gasteiger partial charge in [-0.15, -0.1) is 0 Å². The van der Waals surface area contributed by atoms with Gasteiger partial charge in [-0.2, -0.15) is 0 Å². The lowest BCUT2D eigenvalue weighted by molar-refractivity contribution is -0.140. The molecule has 4 atom stereocenters. The predicted octanol–water partition coefficient (Wildman–Crippen LogP) is 7.90. The third kappa shape index (κ3) is 9.71. The Morgan fingerprint density at radius 2 is 1.26 bits per heavy atom. The third-order valence-corrected chi connectivity index (χ3v) is 18.0. The fraction of sp³-hybridized carbons (Fsp3) is 0.929. The highest BCUT2D eigenvalue weighted by atomic mass is 28.4. The van der Waals surface area contributed by atoms with Crippen molar-refractivity contribution in [3.8, 4) is 0 Å². The van der Waals surface area contributed by atoms with Crippen LogP contribution in [0.15, 0.2) is 0 Å². The molecule has 0 bridgehead atoms. The van der Waals surface area contributed by atoms with Crippen molar-refractivity contribution in [2.75, 3.05) is 7.11 Å². The first kappa shape index (κ1) is 32.5. The first-order valence-corrected chi connectivity index (χ1v) is 19.6. The number of carbonyl (C=O) groups is 2. The van der Waals surface area contributed by atoms with Gasteiger partial charge in [-0.25, -0.2) is 0 Å². The summed E-state index contributed by atoms with van der Waals surface area (Å²) in [5, 5.41) is 0.303. The molecule has 0 N–H and O–H groups in total. The molecule has 0 spiro atoms. The number of hydrogen-bond donors (Lipinski definition) is 0. The van der Waals surface area contributed by atoms with E-state index in [2.05, 4.69) is 67.7 Å². The Labute approximate surface area is 218 Å². The third-order valence-electron chi connectivity index (χ3n) is 8.99. The van der Waals surface area contributed by atoms with Crippen LogP contribution in [-0.4, -0.2) is 48.2 Å². The van der Waals surface area contributed by atoms with Crippen molar-refractivity contribution < 1.29 is 23.2 Å². The van der Waals surface area contributed by atoms with Crippen LogP contribution in [0.5, 0.6) is 0 Å². The summed E-state index contributed by atoms with van der Waals surface area (Å²) < 4.78 is 18.9. The van der Waals surface area contributed by atoms with E-state index in [1.165, 1.54) is 7.11 Å². The molecule has 0 aromatic carbocycles. The Bertz CT molecular complexity index is 663. The highest BCUT2D eigenvalue weighted by molar-refractivity contribution is 6.74. The molecule has 1 aliphatic rings. The molecule has 1 unspecified atom stereocenters. The van der Waals surface area contributed by atoms with Crippen LogP contribution in [0.3, 0.4) is 0 Å². The average Bonchev–Trinajstić information content (AvgIpc) is 3.01. The van der Waals surface area contributed by atoms with Crippen molar-refractivity contribution in [2.45, 2.75) is 148 Å². The number of ether oxygens (including phenoxy) is 1. The van der Waals surface area contributed by atoms with E-state index in [0.29, 0.717) is 24.7 Å². The molecule has 35 heavy (non-hydrogen) atoms. The largest absolute Gasteiger partial charge is 0.469 e.